The third-order valence-corrected chi connectivity index (χ3v) is 4.88. The SMILES string of the molecule is O=c1c(COCc2cccc(C(F)(F)F)c2)cc2cccc3c2n1CCC3. The number of para-hydroxylation sites is 1. The van der Waals surface area contributed by atoms with Gasteiger partial charge in [0.2, 0.25) is 0 Å². The summed E-state index contributed by atoms with van der Waals surface area (Å²) in [5, 5.41) is 0.990. The van der Waals surface area contributed by atoms with Crippen LogP contribution in [0.3, 0.4) is 0 Å². The zero-order valence-electron chi connectivity index (χ0n) is 14.6. The van der Waals surface area contributed by atoms with Crippen molar-refractivity contribution in [3.05, 3.63) is 81.1 Å². The van der Waals surface area contributed by atoms with Gasteiger partial charge in [-0.2, -0.15) is 13.2 Å². The lowest BCUT2D eigenvalue weighted by molar-refractivity contribution is -0.137. The minimum absolute atomic E-state index is 0.0153. The summed E-state index contributed by atoms with van der Waals surface area (Å²) in [6, 6.07) is 12.9. The molecular weight excluding hydrogens is 355 g/mol. The van der Waals surface area contributed by atoms with Crippen LogP contribution in [0.5, 0.6) is 0 Å². The molecule has 0 spiro atoms. The largest absolute Gasteiger partial charge is 0.416 e. The van der Waals surface area contributed by atoms with Crippen LogP contribution in [0.4, 0.5) is 13.2 Å². The number of aromatic nitrogens is 1. The van der Waals surface area contributed by atoms with Crippen molar-refractivity contribution in [1.82, 2.24) is 4.57 Å². The average molecular weight is 373 g/mol. The number of ether oxygens (including phenoxy) is 1. The molecule has 0 saturated carbocycles. The molecular formula is C21H18F3NO2. The maximum atomic E-state index is 12.8. The number of rotatable bonds is 4. The highest BCUT2D eigenvalue weighted by Gasteiger charge is 2.30. The smallest absolute Gasteiger partial charge is 0.372 e. The Morgan fingerprint density at radius 1 is 1.04 bits per heavy atom. The molecule has 27 heavy (non-hydrogen) atoms. The maximum absolute atomic E-state index is 12.8. The third kappa shape index (κ3) is 3.49. The summed E-state index contributed by atoms with van der Waals surface area (Å²) in [6.07, 6.45) is -2.50. The van der Waals surface area contributed by atoms with Gasteiger partial charge in [-0.15, -0.1) is 0 Å². The van der Waals surface area contributed by atoms with E-state index in [1.165, 1.54) is 11.6 Å². The second kappa shape index (κ2) is 6.85. The molecule has 0 fully saturated rings. The summed E-state index contributed by atoms with van der Waals surface area (Å²) in [4.78, 5) is 12.8. The van der Waals surface area contributed by atoms with Gasteiger partial charge >= 0.3 is 6.18 Å². The molecule has 4 rings (SSSR count). The van der Waals surface area contributed by atoms with Crippen LogP contribution in [0.2, 0.25) is 0 Å². The van der Waals surface area contributed by atoms with Crippen LogP contribution in [0.15, 0.2) is 53.3 Å². The van der Waals surface area contributed by atoms with Gasteiger partial charge in [0.15, 0.2) is 0 Å². The monoisotopic (exact) mass is 373 g/mol. The Hall–Kier alpha value is -2.60. The van der Waals surface area contributed by atoms with E-state index in [0.29, 0.717) is 17.7 Å². The van der Waals surface area contributed by atoms with Gasteiger partial charge < -0.3 is 9.30 Å². The van der Waals surface area contributed by atoms with E-state index in [0.717, 1.165) is 35.9 Å². The zero-order chi connectivity index (χ0) is 19.0. The predicted molar refractivity (Wildman–Crippen MR) is 96.5 cm³/mol. The quantitative estimate of drug-likeness (QED) is 0.665. The zero-order valence-corrected chi connectivity index (χ0v) is 14.6. The number of halogens is 3. The van der Waals surface area contributed by atoms with E-state index in [1.54, 1.807) is 10.6 Å². The second-order valence-electron chi connectivity index (χ2n) is 6.78. The molecule has 1 aliphatic rings. The minimum atomic E-state index is -4.38. The Labute approximate surface area is 154 Å². The molecule has 0 atom stereocenters. The molecule has 2 heterocycles. The number of pyridine rings is 1. The number of hydrogen-bond donors (Lipinski definition) is 0. The highest BCUT2D eigenvalue weighted by atomic mass is 19.4. The highest BCUT2D eigenvalue weighted by molar-refractivity contribution is 5.83. The van der Waals surface area contributed by atoms with E-state index in [4.69, 9.17) is 4.74 Å². The van der Waals surface area contributed by atoms with E-state index in [-0.39, 0.29) is 18.8 Å². The number of hydrogen-bond acceptors (Lipinski definition) is 2. The van der Waals surface area contributed by atoms with Gasteiger partial charge in [-0.25, -0.2) is 0 Å². The van der Waals surface area contributed by atoms with Crippen molar-refractivity contribution in [2.24, 2.45) is 0 Å². The van der Waals surface area contributed by atoms with E-state index < -0.39 is 11.7 Å². The van der Waals surface area contributed by atoms with Crippen LogP contribution in [0.1, 0.15) is 28.7 Å². The summed E-state index contributed by atoms with van der Waals surface area (Å²) >= 11 is 0. The molecule has 0 unspecified atom stereocenters. The Kier molecular flexibility index (Phi) is 4.52. The van der Waals surface area contributed by atoms with Gasteiger partial charge in [0.05, 0.1) is 24.3 Å². The van der Waals surface area contributed by atoms with Crippen LogP contribution in [0.25, 0.3) is 10.9 Å². The van der Waals surface area contributed by atoms with E-state index >= 15 is 0 Å². The molecule has 0 N–H and O–H groups in total. The fourth-order valence-electron chi connectivity index (χ4n) is 3.64. The highest BCUT2D eigenvalue weighted by Crippen LogP contribution is 2.29. The van der Waals surface area contributed by atoms with Gasteiger partial charge in [0, 0.05) is 12.1 Å². The molecule has 3 aromatic rings. The first-order valence-corrected chi connectivity index (χ1v) is 8.82. The normalized spacial score (nSPS) is 13.9. The molecule has 2 aromatic carbocycles. The standard InChI is InChI=1S/C21H18F3NO2/c22-21(23,24)18-8-1-4-14(10-18)12-27-13-17-11-16-6-2-5-15-7-3-9-25(19(15)16)20(17)26/h1-2,4-6,8,10-11H,3,7,9,12-13H2. The summed E-state index contributed by atoms with van der Waals surface area (Å²) in [7, 11) is 0. The van der Waals surface area contributed by atoms with Gasteiger partial charge in [0.25, 0.3) is 5.56 Å². The Morgan fingerprint density at radius 2 is 1.85 bits per heavy atom. The maximum Gasteiger partial charge on any atom is 0.416 e. The first kappa shape index (κ1) is 17.8. The molecule has 0 radical (unpaired) electrons. The third-order valence-electron chi connectivity index (χ3n) is 4.88. The topological polar surface area (TPSA) is 31.2 Å². The fraction of sp³-hybridized carbons (Fsp3) is 0.286. The van der Waals surface area contributed by atoms with E-state index in [9.17, 15) is 18.0 Å². The van der Waals surface area contributed by atoms with Gasteiger partial charge in [-0.05, 0) is 47.6 Å². The minimum Gasteiger partial charge on any atom is -0.372 e. The van der Waals surface area contributed by atoms with Crippen molar-refractivity contribution in [1.29, 1.82) is 0 Å². The fourth-order valence-corrected chi connectivity index (χ4v) is 3.64. The summed E-state index contributed by atoms with van der Waals surface area (Å²) in [5.41, 5.74) is 2.32. The van der Waals surface area contributed by atoms with E-state index in [1.807, 2.05) is 24.3 Å². The van der Waals surface area contributed by atoms with Crippen LogP contribution in [-0.2, 0) is 37.1 Å². The number of benzene rings is 2. The Bertz CT molecular complexity index is 1050. The first-order chi connectivity index (χ1) is 12.9. The summed E-state index contributed by atoms with van der Waals surface area (Å²) in [5.74, 6) is 0. The number of nitrogens with zero attached hydrogens (tertiary/aromatic N) is 1. The lowest BCUT2D eigenvalue weighted by atomic mass is 10.0. The molecule has 1 aliphatic heterocycles. The molecule has 0 bridgehead atoms. The summed E-state index contributed by atoms with van der Waals surface area (Å²) in [6.45, 7) is 0.754. The van der Waals surface area contributed by atoms with Gasteiger partial charge in [0.1, 0.15) is 0 Å². The molecule has 3 nitrogen and oxygen atoms in total. The second-order valence-corrected chi connectivity index (χ2v) is 6.78. The van der Waals surface area contributed by atoms with Crippen molar-refractivity contribution < 1.29 is 17.9 Å². The van der Waals surface area contributed by atoms with E-state index in [2.05, 4.69) is 0 Å². The van der Waals surface area contributed by atoms with Crippen molar-refractivity contribution in [2.75, 3.05) is 0 Å². The van der Waals surface area contributed by atoms with Gasteiger partial charge in [-0.3, -0.25) is 4.79 Å². The molecule has 0 saturated heterocycles. The Balaban J connectivity index is 1.55. The summed E-state index contributed by atoms with van der Waals surface area (Å²) < 4.78 is 45.7. The molecule has 140 valence electrons. The molecule has 0 amide bonds. The van der Waals surface area contributed by atoms with Gasteiger partial charge in [-0.1, -0.05) is 30.3 Å². The Morgan fingerprint density at radius 3 is 2.67 bits per heavy atom. The lowest BCUT2D eigenvalue weighted by Crippen LogP contribution is -2.27. The first-order valence-electron chi connectivity index (χ1n) is 8.82. The van der Waals surface area contributed by atoms with Crippen LogP contribution in [0, 0.1) is 0 Å². The molecule has 1 aromatic heterocycles. The predicted octanol–water partition coefficient (Wildman–Crippen LogP) is 4.68. The lowest BCUT2D eigenvalue weighted by Gasteiger charge is -2.20. The number of aryl methyl sites for hydroxylation is 2. The van der Waals surface area contributed by atoms with Crippen molar-refractivity contribution in [2.45, 2.75) is 38.8 Å². The van der Waals surface area contributed by atoms with Crippen LogP contribution >= 0.6 is 0 Å². The van der Waals surface area contributed by atoms with Crippen LogP contribution in [-0.4, -0.2) is 4.57 Å². The van der Waals surface area contributed by atoms with Crippen molar-refractivity contribution >= 4 is 10.9 Å². The number of alkyl halides is 3. The average Bonchev–Trinajstić information content (AvgIpc) is 2.65. The van der Waals surface area contributed by atoms with Crippen molar-refractivity contribution in [3.8, 4) is 0 Å². The van der Waals surface area contributed by atoms with Crippen molar-refractivity contribution in [3.63, 3.8) is 0 Å². The molecule has 0 aliphatic carbocycles. The molecule has 6 heteroatoms. The van der Waals surface area contributed by atoms with Crippen LogP contribution < -0.4 is 5.56 Å².